The molecule has 0 saturated heterocycles. The van der Waals surface area contributed by atoms with Gasteiger partial charge in [0.25, 0.3) is 5.91 Å². The van der Waals surface area contributed by atoms with Gasteiger partial charge in [-0.05, 0) is 36.4 Å². The molecule has 0 aliphatic carbocycles. The molecule has 3 aromatic rings. The number of nitrogens with one attached hydrogen (secondary N) is 2. The monoisotopic (exact) mass is 376 g/mol. The molecule has 2 N–H and O–H groups in total. The SMILES string of the molecule is O=C(Nc1ccccc1F)c1ccnc(Nc2cccc(C(F)(F)F)c2)n1. The number of hydrogen-bond acceptors (Lipinski definition) is 4. The van der Waals surface area contributed by atoms with E-state index in [0.29, 0.717) is 0 Å². The molecule has 0 atom stereocenters. The summed E-state index contributed by atoms with van der Waals surface area (Å²) in [6, 6.07) is 11.4. The number of amides is 1. The number of alkyl halides is 3. The number of para-hydroxylation sites is 1. The molecule has 0 aliphatic rings. The molecule has 138 valence electrons. The van der Waals surface area contributed by atoms with Crippen LogP contribution >= 0.6 is 0 Å². The summed E-state index contributed by atoms with van der Waals surface area (Å²) in [6.07, 6.45) is -3.22. The van der Waals surface area contributed by atoms with Crippen molar-refractivity contribution in [1.29, 1.82) is 0 Å². The maximum Gasteiger partial charge on any atom is 0.416 e. The molecule has 1 aromatic heterocycles. The average molecular weight is 376 g/mol. The van der Waals surface area contributed by atoms with Gasteiger partial charge in [0.2, 0.25) is 5.95 Å². The lowest BCUT2D eigenvalue weighted by Gasteiger charge is -2.10. The third-order valence-electron chi connectivity index (χ3n) is 3.46. The van der Waals surface area contributed by atoms with Crippen molar-refractivity contribution in [2.24, 2.45) is 0 Å². The topological polar surface area (TPSA) is 66.9 Å². The molecule has 0 radical (unpaired) electrons. The molecule has 27 heavy (non-hydrogen) atoms. The summed E-state index contributed by atoms with van der Waals surface area (Å²) in [5.74, 6) is -1.37. The Morgan fingerprint density at radius 3 is 2.52 bits per heavy atom. The Balaban J connectivity index is 1.78. The summed E-state index contributed by atoms with van der Waals surface area (Å²) in [5.41, 5.74) is -0.825. The van der Waals surface area contributed by atoms with Crippen molar-refractivity contribution in [2.75, 3.05) is 10.6 Å². The van der Waals surface area contributed by atoms with Gasteiger partial charge in [-0.2, -0.15) is 13.2 Å². The van der Waals surface area contributed by atoms with Crippen LogP contribution in [0.3, 0.4) is 0 Å². The minimum Gasteiger partial charge on any atom is -0.324 e. The van der Waals surface area contributed by atoms with Crippen LogP contribution in [-0.4, -0.2) is 15.9 Å². The first-order valence-electron chi connectivity index (χ1n) is 7.66. The molecular formula is C18H12F4N4O. The molecule has 5 nitrogen and oxygen atoms in total. The predicted octanol–water partition coefficient (Wildman–Crippen LogP) is 4.63. The van der Waals surface area contributed by atoms with E-state index >= 15 is 0 Å². The summed E-state index contributed by atoms with van der Waals surface area (Å²) < 4.78 is 51.9. The molecule has 0 unspecified atom stereocenters. The third kappa shape index (κ3) is 4.57. The van der Waals surface area contributed by atoms with Crippen LogP contribution in [0.15, 0.2) is 60.8 Å². The van der Waals surface area contributed by atoms with Gasteiger partial charge >= 0.3 is 6.18 Å². The first kappa shape index (κ1) is 18.3. The zero-order valence-corrected chi connectivity index (χ0v) is 13.6. The lowest BCUT2D eigenvalue weighted by atomic mass is 10.2. The fourth-order valence-corrected chi connectivity index (χ4v) is 2.20. The summed E-state index contributed by atoms with van der Waals surface area (Å²) in [5, 5.41) is 4.98. The van der Waals surface area contributed by atoms with Gasteiger partial charge in [0.05, 0.1) is 11.3 Å². The van der Waals surface area contributed by atoms with E-state index in [0.717, 1.165) is 12.1 Å². The van der Waals surface area contributed by atoms with E-state index in [1.54, 1.807) is 6.07 Å². The largest absolute Gasteiger partial charge is 0.416 e. The van der Waals surface area contributed by atoms with Crippen molar-refractivity contribution < 1.29 is 22.4 Å². The van der Waals surface area contributed by atoms with E-state index in [1.807, 2.05) is 0 Å². The van der Waals surface area contributed by atoms with Crippen LogP contribution < -0.4 is 10.6 Å². The molecule has 1 amide bonds. The first-order chi connectivity index (χ1) is 12.8. The minimum atomic E-state index is -4.49. The molecular weight excluding hydrogens is 364 g/mol. The normalized spacial score (nSPS) is 11.1. The van der Waals surface area contributed by atoms with Crippen molar-refractivity contribution >= 4 is 23.2 Å². The van der Waals surface area contributed by atoms with Crippen LogP contribution in [0.2, 0.25) is 0 Å². The van der Waals surface area contributed by atoms with Crippen LogP contribution in [-0.2, 0) is 6.18 Å². The van der Waals surface area contributed by atoms with Gasteiger partial charge in [0.1, 0.15) is 11.5 Å². The number of nitrogens with zero attached hydrogens (tertiary/aromatic N) is 2. The second-order valence-corrected chi connectivity index (χ2v) is 5.40. The van der Waals surface area contributed by atoms with Gasteiger partial charge < -0.3 is 10.6 Å². The first-order valence-corrected chi connectivity index (χ1v) is 7.66. The van der Waals surface area contributed by atoms with Gasteiger partial charge in [-0.3, -0.25) is 4.79 Å². The standard InChI is InChI=1S/C18H12F4N4O/c19-13-6-1-2-7-14(13)25-16(27)15-8-9-23-17(26-15)24-12-5-3-4-11(10-12)18(20,21)22/h1-10H,(H,25,27)(H,23,24,26). The van der Waals surface area contributed by atoms with E-state index in [-0.39, 0.29) is 23.0 Å². The number of hydrogen-bond donors (Lipinski definition) is 2. The zero-order chi connectivity index (χ0) is 19.4. The van der Waals surface area contributed by atoms with E-state index < -0.39 is 23.5 Å². The lowest BCUT2D eigenvalue weighted by Crippen LogP contribution is -2.15. The van der Waals surface area contributed by atoms with Crippen LogP contribution in [0.1, 0.15) is 16.1 Å². The smallest absolute Gasteiger partial charge is 0.324 e. The fraction of sp³-hybridized carbons (Fsp3) is 0.0556. The Morgan fingerprint density at radius 1 is 1.00 bits per heavy atom. The van der Waals surface area contributed by atoms with Gasteiger partial charge in [-0.25, -0.2) is 14.4 Å². The second kappa shape index (κ2) is 7.40. The van der Waals surface area contributed by atoms with E-state index in [9.17, 15) is 22.4 Å². The van der Waals surface area contributed by atoms with Gasteiger partial charge in [0, 0.05) is 11.9 Å². The second-order valence-electron chi connectivity index (χ2n) is 5.40. The fourth-order valence-electron chi connectivity index (χ4n) is 2.20. The van der Waals surface area contributed by atoms with Crippen molar-refractivity contribution in [3.63, 3.8) is 0 Å². The Kier molecular flexibility index (Phi) is 5.02. The van der Waals surface area contributed by atoms with Crippen molar-refractivity contribution in [1.82, 2.24) is 9.97 Å². The number of carbonyl (C=O) groups excluding carboxylic acids is 1. The zero-order valence-electron chi connectivity index (χ0n) is 13.6. The molecule has 0 aliphatic heterocycles. The number of aromatic nitrogens is 2. The Bertz CT molecular complexity index is 975. The van der Waals surface area contributed by atoms with Crippen LogP contribution in [0.5, 0.6) is 0 Å². The quantitative estimate of drug-likeness (QED) is 0.652. The minimum absolute atomic E-state index is 0.0199. The Morgan fingerprint density at radius 2 is 1.78 bits per heavy atom. The van der Waals surface area contributed by atoms with E-state index in [2.05, 4.69) is 20.6 Å². The van der Waals surface area contributed by atoms with Crippen molar-refractivity contribution in [3.8, 4) is 0 Å². The van der Waals surface area contributed by atoms with Crippen LogP contribution in [0, 0.1) is 5.82 Å². The van der Waals surface area contributed by atoms with Gasteiger partial charge in [-0.1, -0.05) is 18.2 Å². The maximum atomic E-state index is 13.6. The Labute approximate surface area is 151 Å². The van der Waals surface area contributed by atoms with Gasteiger partial charge in [-0.15, -0.1) is 0 Å². The molecule has 0 bridgehead atoms. The number of anilines is 3. The maximum absolute atomic E-state index is 13.6. The summed E-state index contributed by atoms with van der Waals surface area (Å²) in [7, 11) is 0. The van der Waals surface area contributed by atoms with Crippen molar-refractivity contribution in [3.05, 3.63) is 77.9 Å². The number of rotatable bonds is 4. The molecule has 0 saturated carbocycles. The highest BCUT2D eigenvalue weighted by Crippen LogP contribution is 2.31. The highest BCUT2D eigenvalue weighted by molar-refractivity contribution is 6.03. The van der Waals surface area contributed by atoms with Gasteiger partial charge in [0.15, 0.2) is 0 Å². The molecule has 3 rings (SSSR count). The molecule has 9 heteroatoms. The van der Waals surface area contributed by atoms with Crippen molar-refractivity contribution in [2.45, 2.75) is 6.18 Å². The molecule has 2 aromatic carbocycles. The van der Waals surface area contributed by atoms with E-state index in [4.69, 9.17) is 0 Å². The van der Waals surface area contributed by atoms with Crippen LogP contribution in [0.25, 0.3) is 0 Å². The molecule has 0 fully saturated rings. The molecule has 1 heterocycles. The molecule has 0 spiro atoms. The highest BCUT2D eigenvalue weighted by Gasteiger charge is 2.30. The highest BCUT2D eigenvalue weighted by atomic mass is 19.4. The number of carbonyl (C=O) groups is 1. The summed E-state index contributed by atoms with van der Waals surface area (Å²) >= 11 is 0. The lowest BCUT2D eigenvalue weighted by molar-refractivity contribution is -0.137. The number of halogens is 4. The third-order valence-corrected chi connectivity index (χ3v) is 3.46. The summed E-state index contributed by atoms with van der Waals surface area (Å²) in [4.78, 5) is 20.0. The summed E-state index contributed by atoms with van der Waals surface area (Å²) in [6.45, 7) is 0. The van der Waals surface area contributed by atoms with Crippen LogP contribution in [0.4, 0.5) is 34.9 Å². The van der Waals surface area contributed by atoms with E-state index in [1.165, 1.54) is 42.6 Å². The number of benzene rings is 2. The average Bonchev–Trinajstić information content (AvgIpc) is 2.63. The predicted molar refractivity (Wildman–Crippen MR) is 91.1 cm³/mol. The Hall–Kier alpha value is -3.49.